The average molecular weight is 421 g/mol. The van der Waals surface area contributed by atoms with Gasteiger partial charge in [0.15, 0.2) is 0 Å². The van der Waals surface area contributed by atoms with Gasteiger partial charge < -0.3 is 10.2 Å². The number of hydrogen-bond acceptors (Lipinski definition) is 4. The number of nitrogens with one attached hydrogen (secondary N) is 1. The summed E-state index contributed by atoms with van der Waals surface area (Å²) in [7, 11) is 0. The molecule has 1 heterocycles. The topological polar surface area (TPSA) is 92.6 Å². The Labute approximate surface area is 181 Å². The van der Waals surface area contributed by atoms with E-state index in [2.05, 4.69) is 5.32 Å². The highest BCUT2D eigenvalue weighted by Gasteiger charge is 2.45. The van der Waals surface area contributed by atoms with Crippen LogP contribution < -0.4 is 10.2 Å². The summed E-state index contributed by atoms with van der Waals surface area (Å²) in [6.45, 7) is 5.94. The summed E-state index contributed by atoms with van der Waals surface area (Å²) >= 11 is 0. The van der Waals surface area contributed by atoms with Gasteiger partial charge in [0.1, 0.15) is 5.69 Å². The second kappa shape index (κ2) is 9.12. The molecule has 0 atom stereocenters. The highest BCUT2D eigenvalue weighted by molar-refractivity contribution is 6.09. The van der Waals surface area contributed by atoms with E-state index in [0.717, 1.165) is 12.0 Å². The van der Waals surface area contributed by atoms with Gasteiger partial charge in [-0.1, -0.05) is 49.4 Å². The summed E-state index contributed by atoms with van der Waals surface area (Å²) in [6, 6.07) is 12.5. The van der Waals surface area contributed by atoms with Crippen molar-refractivity contribution >= 4 is 28.9 Å². The van der Waals surface area contributed by atoms with Crippen LogP contribution in [0.15, 0.2) is 54.6 Å². The molecule has 162 valence electrons. The fourth-order valence-corrected chi connectivity index (χ4v) is 3.76. The van der Waals surface area contributed by atoms with Crippen molar-refractivity contribution in [2.24, 2.45) is 0 Å². The van der Waals surface area contributed by atoms with E-state index in [-0.39, 0.29) is 29.6 Å². The van der Waals surface area contributed by atoms with Crippen molar-refractivity contribution in [2.45, 2.75) is 45.4 Å². The fourth-order valence-electron chi connectivity index (χ4n) is 3.76. The van der Waals surface area contributed by atoms with Crippen LogP contribution in [-0.2, 0) is 21.4 Å². The summed E-state index contributed by atoms with van der Waals surface area (Å²) in [6.07, 6.45) is 5.41. The molecule has 0 saturated carbocycles. The van der Waals surface area contributed by atoms with Gasteiger partial charge in [-0.15, -0.1) is 0 Å². The third-order valence-corrected chi connectivity index (χ3v) is 5.50. The van der Waals surface area contributed by atoms with Gasteiger partial charge in [-0.05, 0) is 43.9 Å². The minimum atomic E-state index is -0.839. The molecular formula is C24H27N3O4. The van der Waals surface area contributed by atoms with Crippen LogP contribution >= 0.6 is 0 Å². The van der Waals surface area contributed by atoms with Gasteiger partial charge in [-0.25, -0.2) is 0 Å². The Hall–Kier alpha value is -3.48. The summed E-state index contributed by atoms with van der Waals surface area (Å²) in [5, 5.41) is 14.4. The van der Waals surface area contributed by atoms with Gasteiger partial charge in [-0.2, -0.15) is 0 Å². The van der Waals surface area contributed by atoms with E-state index in [1.54, 1.807) is 24.8 Å². The van der Waals surface area contributed by atoms with E-state index < -0.39 is 10.3 Å². The molecule has 3 rings (SSSR count). The summed E-state index contributed by atoms with van der Waals surface area (Å²) in [5.41, 5.74) is 1.27. The third kappa shape index (κ3) is 4.66. The molecule has 0 fully saturated rings. The number of nitro groups is 1. The zero-order valence-electron chi connectivity index (χ0n) is 18.1. The molecule has 2 amide bonds. The van der Waals surface area contributed by atoms with Gasteiger partial charge in [0.05, 0.1) is 16.0 Å². The van der Waals surface area contributed by atoms with E-state index in [9.17, 15) is 19.7 Å². The maximum absolute atomic E-state index is 13.0. The standard InChI is InChI=1S/C24H27N3O4/c1-4-5-9-14-26-20-16-21(27(30)31)19(15-18(20)24(2,3)23(26)29)25-22(28)13-12-17-10-7-6-8-11-17/h5-11,15-16H,4,12-14H2,1-3H3,(H,25,28)/b9-5+. The molecule has 0 unspecified atom stereocenters. The first-order chi connectivity index (χ1) is 14.8. The minimum Gasteiger partial charge on any atom is -0.320 e. The molecule has 2 aromatic rings. The number of hydrogen-bond donors (Lipinski definition) is 1. The third-order valence-electron chi connectivity index (χ3n) is 5.50. The van der Waals surface area contributed by atoms with Gasteiger partial charge in [0.2, 0.25) is 11.8 Å². The Kier molecular flexibility index (Phi) is 6.53. The van der Waals surface area contributed by atoms with Gasteiger partial charge in [0, 0.05) is 19.0 Å². The van der Waals surface area contributed by atoms with Crippen molar-refractivity contribution in [3.8, 4) is 0 Å². The van der Waals surface area contributed by atoms with E-state index in [1.165, 1.54) is 6.07 Å². The normalized spacial score (nSPS) is 14.7. The van der Waals surface area contributed by atoms with Crippen molar-refractivity contribution in [3.63, 3.8) is 0 Å². The smallest absolute Gasteiger partial charge is 0.294 e. The maximum atomic E-state index is 13.0. The second-order valence-corrected chi connectivity index (χ2v) is 8.10. The number of carbonyl (C=O) groups excluding carboxylic acids is 2. The van der Waals surface area contributed by atoms with Crippen molar-refractivity contribution in [1.29, 1.82) is 0 Å². The number of nitro benzene ring substituents is 1. The first-order valence-corrected chi connectivity index (χ1v) is 10.4. The zero-order valence-corrected chi connectivity index (χ0v) is 18.1. The van der Waals surface area contributed by atoms with E-state index >= 15 is 0 Å². The monoisotopic (exact) mass is 421 g/mol. The fraction of sp³-hybridized carbons (Fsp3) is 0.333. The predicted molar refractivity (Wildman–Crippen MR) is 121 cm³/mol. The Morgan fingerprint density at radius 2 is 1.90 bits per heavy atom. The number of amides is 2. The molecule has 0 spiro atoms. The number of rotatable bonds is 8. The molecule has 0 radical (unpaired) electrons. The van der Waals surface area contributed by atoms with Crippen LogP contribution in [0.3, 0.4) is 0 Å². The number of allylic oxidation sites excluding steroid dienone is 1. The summed E-state index contributed by atoms with van der Waals surface area (Å²) in [4.78, 5) is 38.3. The van der Waals surface area contributed by atoms with Gasteiger partial charge >= 0.3 is 0 Å². The molecule has 1 aliphatic heterocycles. The SMILES string of the molecule is CC/C=C/CN1C(=O)C(C)(C)c2cc(NC(=O)CCc3ccccc3)c([N+](=O)[O-])cc21. The van der Waals surface area contributed by atoms with Gasteiger partial charge in [0.25, 0.3) is 5.69 Å². The van der Waals surface area contributed by atoms with E-state index in [4.69, 9.17) is 0 Å². The molecular weight excluding hydrogens is 394 g/mol. The zero-order chi connectivity index (χ0) is 22.6. The summed E-state index contributed by atoms with van der Waals surface area (Å²) < 4.78 is 0. The number of fused-ring (bicyclic) bond motifs is 1. The van der Waals surface area contributed by atoms with Crippen molar-refractivity contribution in [2.75, 3.05) is 16.8 Å². The Morgan fingerprint density at radius 1 is 1.19 bits per heavy atom. The van der Waals surface area contributed by atoms with Gasteiger partial charge in [-0.3, -0.25) is 19.7 Å². The van der Waals surface area contributed by atoms with Crippen molar-refractivity contribution < 1.29 is 14.5 Å². The molecule has 0 saturated heterocycles. The minimum absolute atomic E-state index is 0.119. The maximum Gasteiger partial charge on any atom is 0.294 e. The number of carbonyl (C=O) groups is 2. The quantitative estimate of drug-likeness (QED) is 0.378. The Balaban J connectivity index is 1.89. The number of benzene rings is 2. The lowest BCUT2D eigenvalue weighted by atomic mass is 9.85. The Bertz CT molecular complexity index is 1030. The lowest BCUT2D eigenvalue weighted by Gasteiger charge is -2.18. The molecule has 7 heteroatoms. The van der Waals surface area contributed by atoms with Crippen molar-refractivity contribution in [3.05, 3.63) is 75.9 Å². The lowest BCUT2D eigenvalue weighted by molar-refractivity contribution is -0.383. The molecule has 2 aromatic carbocycles. The van der Waals surface area contributed by atoms with Crippen LogP contribution in [0.4, 0.5) is 17.1 Å². The van der Waals surface area contributed by atoms with Crippen LogP contribution in [0.5, 0.6) is 0 Å². The molecule has 31 heavy (non-hydrogen) atoms. The molecule has 7 nitrogen and oxygen atoms in total. The van der Waals surface area contributed by atoms with Crippen molar-refractivity contribution in [1.82, 2.24) is 0 Å². The highest BCUT2D eigenvalue weighted by Crippen LogP contribution is 2.46. The summed E-state index contributed by atoms with van der Waals surface area (Å²) in [5.74, 6) is -0.429. The van der Waals surface area contributed by atoms with Crippen LogP contribution in [-0.4, -0.2) is 23.3 Å². The molecule has 0 aromatic heterocycles. The lowest BCUT2D eigenvalue weighted by Crippen LogP contribution is -2.36. The molecule has 1 N–H and O–H groups in total. The molecule has 0 aliphatic carbocycles. The average Bonchev–Trinajstić information content (AvgIpc) is 2.93. The van der Waals surface area contributed by atoms with Crippen LogP contribution in [0, 0.1) is 10.1 Å². The van der Waals surface area contributed by atoms with Crippen LogP contribution in [0.2, 0.25) is 0 Å². The molecule has 1 aliphatic rings. The molecule has 0 bridgehead atoms. The Morgan fingerprint density at radius 3 is 2.55 bits per heavy atom. The van der Waals surface area contributed by atoms with E-state index in [0.29, 0.717) is 24.2 Å². The van der Waals surface area contributed by atoms with Crippen LogP contribution in [0.25, 0.3) is 0 Å². The van der Waals surface area contributed by atoms with E-state index in [1.807, 2.05) is 49.4 Å². The largest absolute Gasteiger partial charge is 0.320 e. The number of aryl methyl sites for hydroxylation is 1. The predicted octanol–water partition coefficient (Wildman–Crippen LogP) is 4.76. The second-order valence-electron chi connectivity index (χ2n) is 8.10. The first kappa shape index (κ1) is 22.2. The number of nitrogens with zero attached hydrogens (tertiary/aromatic N) is 2. The highest BCUT2D eigenvalue weighted by atomic mass is 16.6. The number of anilines is 2. The van der Waals surface area contributed by atoms with Crippen LogP contribution in [0.1, 0.15) is 44.7 Å². The first-order valence-electron chi connectivity index (χ1n) is 10.4.